The lowest BCUT2D eigenvalue weighted by atomic mass is 10.1. The van der Waals surface area contributed by atoms with Crippen LogP contribution in [0.1, 0.15) is 0 Å². The van der Waals surface area contributed by atoms with Gasteiger partial charge in [0.1, 0.15) is 0 Å². The van der Waals surface area contributed by atoms with Crippen LogP contribution in [0.4, 0.5) is 0 Å². The molecular formula is C24H14Br2N2. The molecule has 28 heavy (non-hydrogen) atoms. The summed E-state index contributed by atoms with van der Waals surface area (Å²) in [5.41, 5.74) is 5.93. The van der Waals surface area contributed by atoms with Gasteiger partial charge in [-0.2, -0.15) is 0 Å². The summed E-state index contributed by atoms with van der Waals surface area (Å²) in [5, 5.41) is 2.18. The fourth-order valence-electron chi connectivity index (χ4n) is 3.33. The van der Waals surface area contributed by atoms with Crippen molar-refractivity contribution in [1.29, 1.82) is 0 Å². The molecule has 0 unspecified atom stereocenters. The van der Waals surface area contributed by atoms with Crippen molar-refractivity contribution < 1.29 is 0 Å². The van der Waals surface area contributed by atoms with E-state index in [0.29, 0.717) is 0 Å². The molecular weight excluding hydrogens is 476 g/mol. The lowest BCUT2D eigenvalue weighted by Crippen LogP contribution is -1.91. The first-order valence-electron chi connectivity index (χ1n) is 8.90. The smallest absolute Gasteiger partial charge is 0.0972 e. The van der Waals surface area contributed by atoms with Crippen LogP contribution in [0.15, 0.2) is 93.9 Å². The van der Waals surface area contributed by atoms with Crippen LogP contribution in [0.5, 0.6) is 0 Å². The Balaban J connectivity index is 1.72. The first kappa shape index (κ1) is 17.5. The van der Waals surface area contributed by atoms with Crippen LogP contribution in [-0.2, 0) is 0 Å². The molecule has 4 heteroatoms. The summed E-state index contributed by atoms with van der Waals surface area (Å²) in [6.07, 6.45) is 0. The summed E-state index contributed by atoms with van der Waals surface area (Å²) in [4.78, 5) is 9.93. The zero-order chi connectivity index (χ0) is 19.1. The molecule has 0 fully saturated rings. The fraction of sp³-hybridized carbons (Fsp3) is 0. The largest absolute Gasteiger partial charge is 0.245 e. The quantitative estimate of drug-likeness (QED) is 0.238. The van der Waals surface area contributed by atoms with Crippen LogP contribution >= 0.6 is 31.9 Å². The predicted molar refractivity (Wildman–Crippen MR) is 123 cm³/mol. The number of benzene rings is 3. The van der Waals surface area contributed by atoms with E-state index in [1.165, 1.54) is 0 Å². The highest BCUT2D eigenvalue weighted by molar-refractivity contribution is 9.10. The number of halogens is 2. The number of fused-ring (bicyclic) bond motifs is 3. The molecule has 134 valence electrons. The van der Waals surface area contributed by atoms with Gasteiger partial charge in [0.15, 0.2) is 0 Å². The van der Waals surface area contributed by atoms with E-state index in [1.807, 2.05) is 24.3 Å². The molecule has 0 aliphatic rings. The second kappa shape index (κ2) is 7.12. The molecule has 2 heterocycles. The topological polar surface area (TPSA) is 25.8 Å². The van der Waals surface area contributed by atoms with Gasteiger partial charge in [-0.05, 0) is 36.4 Å². The van der Waals surface area contributed by atoms with E-state index in [1.54, 1.807) is 0 Å². The summed E-state index contributed by atoms with van der Waals surface area (Å²) in [6, 6.07) is 29.0. The van der Waals surface area contributed by atoms with Gasteiger partial charge in [-0.3, -0.25) is 0 Å². The minimum atomic E-state index is 0.928. The second-order valence-electron chi connectivity index (χ2n) is 6.62. The first-order chi connectivity index (χ1) is 13.7. The molecule has 0 radical (unpaired) electrons. The van der Waals surface area contributed by atoms with E-state index in [0.717, 1.165) is 53.3 Å². The van der Waals surface area contributed by atoms with Crippen LogP contribution in [0.2, 0.25) is 0 Å². The predicted octanol–water partition coefficient (Wildman–Crippen LogP) is 7.64. The summed E-state index contributed by atoms with van der Waals surface area (Å²) in [5.74, 6) is 0. The van der Waals surface area contributed by atoms with E-state index in [-0.39, 0.29) is 0 Å². The van der Waals surface area contributed by atoms with Crippen molar-refractivity contribution in [1.82, 2.24) is 9.97 Å². The summed E-state index contributed by atoms with van der Waals surface area (Å²) in [7, 11) is 0. The van der Waals surface area contributed by atoms with Crippen molar-refractivity contribution in [2.75, 3.05) is 0 Å². The van der Waals surface area contributed by atoms with Gasteiger partial charge in [0.2, 0.25) is 0 Å². The zero-order valence-corrected chi connectivity index (χ0v) is 17.9. The number of aromatic nitrogens is 2. The SMILES string of the molecule is Brc1ccc(-c2ccc3ccc4ccc(-c5ccc(Br)cc5)nc4c3n2)cc1. The van der Waals surface area contributed by atoms with Gasteiger partial charge < -0.3 is 0 Å². The Bertz CT molecular complexity index is 1210. The molecule has 3 aromatic carbocycles. The van der Waals surface area contributed by atoms with Crippen LogP contribution in [0, 0.1) is 0 Å². The zero-order valence-electron chi connectivity index (χ0n) is 14.7. The summed E-state index contributed by atoms with van der Waals surface area (Å²) in [6.45, 7) is 0. The monoisotopic (exact) mass is 488 g/mol. The Hall–Kier alpha value is -2.56. The lowest BCUT2D eigenvalue weighted by Gasteiger charge is -2.08. The molecule has 0 atom stereocenters. The van der Waals surface area contributed by atoms with Crippen molar-refractivity contribution in [2.24, 2.45) is 0 Å². The van der Waals surface area contributed by atoms with Crippen LogP contribution in [0.25, 0.3) is 44.3 Å². The van der Waals surface area contributed by atoms with E-state index >= 15 is 0 Å². The lowest BCUT2D eigenvalue weighted by molar-refractivity contribution is 1.36. The highest BCUT2D eigenvalue weighted by Crippen LogP contribution is 2.29. The Labute approximate surface area is 179 Å². The minimum absolute atomic E-state index is 0.928. The summed E-state index contributed by atoms with van der Waals surface area (Å²) >= 11 is 6.98. The van der Waals surface area contributed by atoms with Crippen LogP contribution in [-0.4, -0.2) is 9.97 Å². The van der Waals surface area contributed by atoms with E-state index in [2.05, 4.69) is 92.5 Å². The Morgan fingerprint density at radius 2 is 0.786 bits per heavy atom. The molecule has 0 aliphatic carbocycles. The Morgan fingerprint density at radius 3 is 1.18 bits per heavy atom. The molecule has 0 spiro atoms. The van der Waals surface area contributed by atoms with E-state index in [9.17, 15) is 0 Å². The van der Waals surface area contributed by atoms with E-state index in [4.69, 9.17) is 9.97 Å². The molecule has 0 aliphatic heterocycles. The highest BCUT2D eigenvalue weighted by atomic mass is 79.9. The fourth-order valence-corrected chi connectivity index (χ4v) is 3.86. The number of hydrogen-bond acceptors (Lipinski definition) is 2. The van der Waals surface area contributed by atoms with Crippen molar-refractivity contribution >= 4 is 53.7 Å². The van der Waals surface area contributed by atoms with Crippen molar-refractivity contribution in [3.05, 3.63) is 93.9 Å². The molecule has 0 bridgehead atoms. The van der Waals surface area contributed by atoms with Gasteiger partial charge >= 0.3 is 0 Å². The molecule has 5 rings (SSSR count). The van der Waals surface area contributed by atoms with Crippen molar-refractivity contribution in [3.8, 4) is 22.5 Å². The highest BCUT2D eigenvalue weighted by Gasteiger charge is 2.08. The average Bonchev–Trinajstić information content (AvgIpc) is 2.74. The van der Waals surface area contributed by atoms with Gasteiger partial charge in [0.05, 0.1) is 22.4 Å². The van der Waals surface area contributed by atoms with Gasteiger partial charge in [0.25, 0.3) is 0 Å². The van der Waals surface area contributed by atoms with E-state index < -0.39 is 0 Å². The maximum atomic E-state index is 4.97. The normalized spacial score (nSPS) is 11.2. The molecule has 5 aromatic rings. The number of rotatable bonds is 2. The minimum Gasteiger partial charge on any atom is -0.245 e. The van der Waals surface area contributed by atoms with Crippen LogP contribution in [0.3, 0.4) is 0 Å². The standard InChI is InChI=1S/C24H14Br2N2/c25-19-9-3-15(4-10-19)21-13-7-17-1-2-18-8-14-22(28-24(18)23(17)27-21)16-5-11-20(26)12-6-16/h1-14H. The molecule has 0 saturated carbocycles. The number of nitrogens with zero attached hydrogens (tertiary/aromatic N) is 2. The second-order valence-corrected chi connectivity index (χ2v) is 8.45. The average molecular weight is 490 g/mol. The molecule has 2 aromatic heterocycles. The van der Waals surface area contributed by atoms with Gasteiger partial charge in [-0.15, -0.1) is 0 Å². The first-order valence-corrected chi connectivity index (χ1v) is 10.5. The van der Waals surface area contributed by atoms with Crippen LogP contribution < -0.4 is 0 Å². The third-order valence-corrected chi connectivity index (χ3v) is 5.86. The summed E-state index contributed by atoms with van der Waals surface area (Å²) < 4.78 is 2.12. The van der Waals surface area contributed by atoms with Crippen molar-refractivity contribution in [3.63, 3.8) is 0 Å². The Morgan fingerprint density at radius 1 is 0.429 bits per heavy atom. The molecule has 2 nitrogen and oxygen atoms in total. The third-order valence-electron chi connectivity index (χ3n) is 4.80. The van der Waals surface area contributed by atoms with Gasteiger partial charge in [-0.25, -0.2) is 9.97 Å². The van der Waals surface area contributed by atoms with Gasteiger partial charge in [-0.1, -0.05) is 80.4 Å². The maximum absolute atomic E-state index is 4.97. The third kappa shape index (κ3) is 3.23. The number of hydrogen-bond donors (Lipinski definition) is 0. The molecule has 0 amide bonds. The van der Waals surface area contributed by atoms with Gasteiger partial charge in [0, 0.05) is 30.8 Å². The molecule has 0 saturated heterocycles. The van der Waals surface area contributed by atoms with Crippen molar-refractivity contribution in [2.45, 2.75) is 0 Å². The number of pyridine rings is 2. The maximum Gasteiger partial charge on any atom is 0.0972 e. The molecule has 0 N–H and O–H groups in total. The Kier molecular flexibility index (Phi) is 4.46.